The quantitative estimate of drug-likeness (QED) is 0.770. The summed E-state index contributed by atoms with van der Waals surface area (Å²) in [7, 11) is -3.21. The molecule has 7 heteroatoms. The van der Waals surface area contributed by atoms with E-state index in [4.69, 9.17) is 5.73 Å². The SMILES string of the molecule is CS(=O)(=O)N1CCc2c(cncc2C(N)=O)C1. The van der Waals surface area contributed by atoms with Crippen molar-refractivity contribution in [1.29, 1.82) is 0 Å². The van der Waals surface area contributed by atoms with Crippen LogP contribution in [0.5, 0.6) is 0 Å². The topological polar surface area (TPSA) is 93.4 Å². The summed E-state index contributed by atoms with van der Waals surface area (Å²) in [5, 5.41) is 0. The monoisotopic (exact) mass is 255 g/mol. The van der Waals surface area contributed by atoms with E-state index in [1.165, 1.54) is 16.8 Å². The number of aromatic nitrogens is 1. The Hall–Kier alpha value is -1.47. The summed E-state index contributed by atoms with van der Waals surface area (Å²) >= 11 is 0. The van der Waals surface area contributed by atoms with Gasteiger partial charge in [0.1, 0.15) is 0 Å². The van der Waals surface area contributed by atoms with Crippen LogP contribution in [0.1, 0.15) is 21.5 Å². The predicted molar refractivity (Wildman–Crippen MR) is 61.7 cm³/mol. The molecule has 0 radical (unpaired) electrons. The number of carbonyl (C=O) groups is 1. The van der Waals surface area contributed by atoms with Crippen molar-refractivity contribution in [2.75, 3.05) is 12.8 Å². The summed E-state index contributed by atoms with van der Waals surface area (Å²) in [5.74, 6) is -0.526. The number of primary amides is 1. The molecule has 6 nitrogen and oxygen atoms in total. The van der Waals surface area contributed by atoms with Gasteiger partial charge in [0, 0.05) is 25.5 Å². The molecule has 1 aromatic rings. The summed E-state index contributed by atoms with van der Waals surface area (Å²) in [5.41, 5.74) is 7.19. The summed E-state index contributed by atoms with van der Waals surface area (Å²) < 4.78 is 24.2. The Morgan fingerprint density at radius 3 is 2.76 bits per heavy atom. The van der Waals surface area contributed by atoms with Crippen LogP contribution >= 0.6 is 0 Å². The van der Waals surface area contributed by atoms with E-state index in [0.29, 0.717) is 18.5 Å². The van der Waals surface area contributed by atoms with Crippen LogP contribution in [0.15, 0.2) is 12.4 Å². The highest BCUT2D eigenvalue weighted by molar-refractivity contribution is 7.88. The second-order valence-electron chi connectivity index (χ2n) is 4.04. The Balaban J connectivity index is 2.41. The van der Waals surface area contributed by atoms with Gasteiger partial charge in [0.25, 0.3) is 5.91 Å². The Morgan fingerprint density at radius 1 is 1.47 bits per heavy atom. The minimum atomic E-state index is -3.21. The van der Waals surface area contributed by atoms with E-state index in [2.05, 4.69) is 4.98 Å². The third-order valence-electron chi connectivity index (χ3n) is 2.84. The molecule has 17 heavy (non-hydrogen) atoms. The van der Waals surface area contributed by atoms with Crippen molar-refractivity contribution in [1.82, 2.24) is 9.29 Å². The van der Waals surface area contributed by atoms with Gasteiger partial charge >= 0.3 is 0 Å². The van der Waals surface area contributed by atoms with Crippen LogP contribution in [0.2, 0.25) is 0 Å². The van der Waals surface area contributed by atoms with E-state index >= 15 is 0 Å². The zero-order chi connectivity index (χ0) is 12.6. The van der Waals surface area contributed by atoms with E-state index in [0.717, 1.165) is 11.1 Å². The first-order valence-electron chi connectivity index (χ1n) is 5.10. The van der Waals surface area contributed by atoms with Crippen LogP contribution in [0.25, 0.3) is 0 Å². The van der Waals surface area contributed by atoms with E-state index in [9.17, 15) is 13.2 Å². The molecule has 0 unspecified atom stereocenters. The van der Waals surface area contributed by atoms with Crippen molar-refractivity contribution < 1.29 is 13.2 Å². The Labute approximate surface area is 99.5 Å². The number of sulfonamides is 1. The van der Waals surface area contributed by atoms with E-state index in [1.807, 2.05) is 0 Å². The smallest absolute Gasteiger partial charge is 0.250 e. The van der Waals surface area contributed by atoms with Crippen LogP contribution in [0.4, 0.5) is 0 Å². The van der Waals surface area contributed by atoms with Crippen LogP contribution < -0.4 is 5.73 Å². The van der Waals surface area contributed by atoms with Crippen molar-refractivity contribution in [3.8, 4) is 0 Å². The molecule has 0 atom stereocenters. The lowest BCUT2D eigenvalue weighted by atomic mass is 9.98. The normalized spacial score (nSPS) is 16.5. The summed E-state index contributed by atoms with van der Waals surface area (Å²) in [4.78, 5) is 15.1. The van der Waals surface area contributed by atoms with Gasteiger partial charge in [-0.25, -0.2) is 8.42 Å². The summed E-state index contributed by atoms with van der Waals surface area (Å²) in [6.45, 7) is 0.623. The van der Waals surface area contributed by atoms with Gasteiger partial charge in [0.2, 0.25) is 10.0 Å². The molecule has 0 fully saturated rings. The molecule has 1 amide bonds. The van der Waals surface area contributed by atoms with Gasteiger partial charge < -0.3 is 5.73 Å². The van der Waals surface area contributed by atoms with Gasteiger partial charge in [-0.1, -0.05) is 0 Å². The van der Waals surface area contributed by atoms with Crippen LogP contribution in [-0.4, -0.2) is 36.4 Å². The largest absolute Gasteiger partial charge is 0.366 e. The zero-order valence-electron chi connectivity index (χ0n) is 9.38. The number of fused-ring (bicyclic) bond motifs is 1. The molecule has 0 bridgehead atoms. The molecule has 0 aromatic carbocycles. The molecule has 92 valence electrons. The highest BCUT2D eigenvalue weighted by Crippen LogP contribution is 2.22. The van der Waals surface area contributed by atoms with Crippen molar-refractivity contribution in [2.24, 2.45) is 5.73 Å². The molecular formula is C10H13N3O3S. The van der Waals surface area contributed by atoms with Gasteiger partial charge in [0.05, 0.1) is 11.8 Å². The Morgan fingerprint density at radius 2 is 2.18 bits per heavy atom. The van der Waals surface area contributed by atoms with Crippen LogP contribution in [0, 0.1) is 0 Å². The molecule has 1 aromatic heterocycles. The molecule has 0 saturated carbocycles. The van der Waals surface area contributed by atoms with Crippen molar-refractivity contribution >= 4 is 15.9 Å². The minimum absolute atomic E-state index is 0.252. The number of carbonyl (C=O) groups excluding carboxylic acids is 1. The van der Waals surface area contributed by atoms with Gasteiger partial charge in [-0.3, -0.25) is 9.78 Å². The Kier molecular flexibility index (Phi) is 2.88. The third kappa shape index (κ3) is 2.29. The lowest BCUT2D eigenvalue weighted by Gasteiger charge is -2.27. The average molecular weight is 255 g/mol. The molecule has 0 aliphatic carbocycles. The van der Waals surface area contributed by atoms with Crippen LogP contribution in [-0.2, 0) is 23.0 Å². The highest BCUT2D eigenvalue weighted by atomic mass is 32.2. The standard InChI is InChI=1S/C10H13N3O3S/c1-17(15,16)13-3-2-8-7(6-13)4-12-5-9(8)10(11)14/h4-5H,2-3,6H2,1H3,(H2,11,14). The predicted octanol–water partition coefficient (Wildman–Crippen LogP) is -0.502. The second kappa shape index (κ2) is 4.08. The molecule has 1 aliphatic rings. The number of pyridine rings is 1. The van der Waals surface area contributed by atoms with E-state index in [-0.39, 0.29) is 6.54 Å². The van der Waals surface area contributed by atoms with Crippen LogP contribution in [0.3, 0.4) is 0 Å². The molecule has 0 saturated heterocycles. The molecule has 2 N–H and O–H groups in total. The maximum atomic E-state index is 11.4. The lowest BCUT2D eigenvalue weighted by Crippen LogP contribution is -2.36. The van der Waals surface area contributed by atoms with Gasteiger partial charge in [-0.15, -0.1) is 0 Å². The fourth-order valence-corrected chi connectivity index (χ4v) is 2.76. The molecule has 1 aliphatic heterocycles. The molecule has 0 spiro atoms. The first-order valence-corrected chi connectivity index (χ1v) is 6.95. The van der Waals surface area contributed by atoms with Crippen molar-refractivity contribution in [3.63, 3.8) is 0 Å². The minimum Gasteiger partial charge on any atom is -0.366 e. The maximum absolute atomic E-state index is 11.4. The number of hydrogen-bond acceptors (Lipinski definition) is 4. The lowest BCUT2D eigenvalue weighted by molar-refractivity contribution is 0.0998. The summed E-state index contributed by atoms with van der Waals surface area (Å²) in [6.07, 6.45) is 4.67. The average Bonchev–Trinajstić information content (AvgIpc) is 2.26. The summed E-state index contributed by atoms with van der Waals surface area (Å²) in [6, 6.07) is 0. The molecule has 2 heterocycles. The third-order valence-corrected chi connectivity index (χ3v) is 4.09. The van der Waals surface area contributed by atoms with Gasteiger partial charge in [0.15, 0.2) is 0 Å². The number of nitrogens with zero attached hydrogens (tertiary/aromatic N) is 2. The number of hydrogen-bond donors (Lipinski definition) is 1. The van der Waals surface area contributed by atoms with Gasteiger partial charge in [-0.2, -0.15) is 4.31 Å². The number of rotatable bonds is 2. The Bertz CT molecular complexity index is 568. The number of amides is 1. The first kappa shape index (κ1) is 12.0. The first-order chi connectivity index (χ1) is 7.89. The van der Waals surface area contributed by atoms with E-state index in [1.54, 1.807) is 6.20 Å². The zero-order valence-corrected chi connectivity index (χ0v) is 10.2. The highest BCUT2D eigenvalue weighted by Gasteiger charge is 2.25. The van der Waals surface area contributed by atoms with Gasteiger partial charge in [-0.05, 0) is 17.5 Å². The molecule has 2 rings (SSSR count). The number of nitrogens with two attached hydrogens (primary N) is 1. The fourth-order valence-electron chi connectivity index (χ4n) is 1.96. The maximum Gasteiger partial charge on any atom is 0.250 e. The molecular weight excluding hydrogens is 242 g/mol. The fraction of sp³-hybridized carbons (Fsp3) is 0.400. The van der Waals surface area contributed by atoms with E-state index < -0.39 is 15.9 Å². The second-order valence-corrected chi connectivity index (χ2v) is 6.02. The van der Waals surface area contributed by atoms with Crippen molar-refractivity contribution in [3.05, 3.63) is 29.1 Å². The van der Waals surface area contributed by atoms with Crippen molar-refractivity contribution in [2.45, 2.75) is 13.0 Å².